The van der Waals surface area contributed by atoms with Crippen LogP contribution in [0.3, 0.4) is 0 Å². The zero-order valence-electron chi connectivity index (χ0n) is 12.2. The SMILES string of the molecule is CCc1ccsc1CNC(=O)[C@H]1Cc2ccccc2CN1. The van der Waals surface area contributed by atoms with E-state index in [1.54, 1.807) is 11.3 Å². The number of thiophene rings is 1. The lowest BCUT2D eigenvalue weighted by atomic mass is 9.95. The van der Waals surface area contributed by atoms with Crippen LogP contribution in [0.15, 0.2) is 35.7 Å². The van der Waals surface area contributed by atoms with E-state index < -0.39 is 0 Å². The molecule has 110 valence electrons. The Morgan fingerprint density at radius 1 is 1.33 bits per heavy atom. The highest BCUT2D eigenvalue weighted by atomic mass is 32.1. The van der Waals surface area contributed by atoms with Crippen LogP contribution >= 0.6 is 11.3 Å². The second-order valence-corrected chi connectivity index (χ2v) is 6.35. The summed E-state index contributed by atoms with van der Waals surface area (Å²) in [4.78, 5) is 13.6. The molecule has 21 heavy (non-hydrogen) atoms. The summed E-state index contributed by atoms with van der Waals surface area (Å²) < 4.78 is 0. The molecular formula is C17H20N2OS. The molecule has 2 aromatic rings. The first kappa shape index (κ1) is 14.3. The van der Waals surface area contributed by atoms with Crippen molar-refractivity contribution in [2.45, 2.75) is 38.9 Å². The lowest BCUT2D eigenvalue weighted by molar-refractivity contribution is -0.123. The molecular weight excluding hydrogens is 280 g/mol. The second kappa shape index (κ2) is 6.41. The maximum atomic E-state index is 12.3. The number of amides is 1. The van der Waals surface area contributed by atoms with Crippen molar-refractivity contribution in [1.29, 1.82) is 0 Å². The van der Waals surface area contributed by atoms with E-state index in [1.165, 1.54) is 21.6 Å². The van der Waals surface area contributed by atoms with Crippen molar-refractivity contribution in [2.75, 3.05) is 0 Å². The minimum atomic E-state index is -0.120. The number of hydrogen-bond donors (Lipinski definition) is 2. The van der Waals surface area contributed by atoms with Gasteiger partial charge in [-0.05, 0) is 41.0 Å². The Bertz CT molecular complexity index is 635. The monoisotopic (exact) mass is 300 g/mol. The molecule has 1 atom stereocenters. The van der Waals surface area contributed by atoms with Crippen LogP contribution in [0.4, 0.5) is 0 Å². The molecule has 0 aliphatic carbocycles. The number of carbonyl (C=O) groups excluding carboxylic acids is 1. The molecule has 4 heteroatoms. The van der Waals surface area contributed by atoms with Gasteiger partial charge < -0.3 is 10.6 Å². The normalized spacial score (nSPS) is 17.3. The third-order valence-corrected chi connectivity index (χ3v) is 5.00. The maximum Gasteiger partial charge on any atom is 0.237 e. The lowest BCUT2D eigenvalue weighted by Crippen LogP contribution is -2.47. The van der Waals surface area contributed by atoms with Crippen LogP contribution in [0, 0.1) is 0 Å². The third kappa shape index (κ3) is 3.17. The van der Waals surface area contributed by atoms with Gasteiger partial charge in [-0.2, -0.15) is 0 Å². The molecule has 1 aromatic heterocycles. The van der Waals surface area contributed by atoms with E-state index in [4.69, 9.17) is 0 Å². The van der Waals surface area contributed by atoms with Gasteiger partial charge in [0, 0.05) is 11.4 Å². The number of carbonyl (C=O) groups is 1. The van der Waals surface area contributed by atoms with E-state index in [-0.39, 0.29) is 11.9 Å². The molecule has 1 aromatic carbocycles. The van der Waals surface area contributed by atoms with Crippen molar-refractivity contribution in [3.63, 3.8) is 0 Å². The van der Waals surface area contributed by atoms with Gasteiger partial charge in [0.25, 0.3) is 0 Å². The van der Waals surface area contributed by atoms with Crippen molar-refractivity contribution in [2.24, 2.45) is 0 Å². The molecule has 1 aliphatic rings. The van der Waals surface area contributed by atoms with Crippen LogP contribution in [0.25, 0.3) is 0 Å². The average Bonchev–Trinajstić information content (AvgIpc) is 2.99. The first-order chi connectivity index (χ1) is 10.3. The Morgan fingerprint density at radius 2 is 2.14 bits per heavy atom. The van der Waals surface area contributed by atoms with Crippen molar-refractivity contribution in [3.8, 4) is 0 Å². The standard InChI is InChI=1S/C17H20N2OS/c1-2-12-7-8-21-16(12)11-19-17(20)15-9-13-5-3-4-6-14(13)10-18-15/h3-8,15,18H,2,9-11H2,1H3,(H,19,20)/t15-/m1/s1. The fraction of sp³-hybridized carbons (Fsp3) is 0.353. The van der Waals surface area contributed by atoms with Gasteiger partial charge in [-0.1, -0.05) is 31.2 Å². The van der Waals surface area contributed by atoms with Gasteiger partial charge in [-0.25, -0.2) is 0 Å². The predicted octanol–water partition coefficient (Wildman–Crippen LogP) is 2.64. The highest BCUT2D eigenvalue weighted by Gasteiger charge is 2.23. The molecule has 2 N–H and O–H groups in total. The summed E-state index contributed by atoms with van der Waals surface area (Å²) in [5.74, 6) is 0.0972. The second-order valence-electron chi connectivity index (χ2n) is 5.35. The zero-order chi connectivity index (χ0) is 14.7. The summed E-state index contributed by atoms with van der Waals surface area (Å²) in [6.07, 6.45) is 1.79. The summed E-state index contributed by atoms with van der Waals surface area (Å²) >= 11 is 1.72. The van der Waals surface area contributed by atoms with Crippen LogP contribution in [-0.2, 0) is 30.7 Å². The first-order valence-corrected chi connectivity index (χ1v) is 8.29. The number of nitrogens with one attached hydrogen (secondary N) is 2. The molecule has 0 unspecified atom stereocenters. The quantitative estimate of drug-likeness (QED) is 0.911. The summed E-state index contributed by atoms with van der Waals surface area (Å²) in [5.41, 5.74) is 3.91. The summed E-state index contributed by atoms with van der Waals surface area (Å²) in [5, 5.41) is 8.49. The van der Waals surface area contributed by atoms with E-state index in [1.807, 2.05) is 12.1 Å². The van der Waals surface area contributed by atoms with Crippen molar-refractivity contribution in [1.82, 2.24) is 10.6 Å². The smallest absolute Gasteiger partial charge is 0.237 e. The summed E-state index contributed by atoms with van der Waals surface area (Å²) in [6.45, 7) is 3.56. The van der Waals surface area contributed by atoms with E-state index in [9.17, 15) is 4.79 Å². The number of rotatable bonds is 4. The molecule has 0 saturated heterocycles. The Morgan fingerprint density at radius 3 is 2.95 bits per heavy atom. The molecule has 2 heterocycles. The van der Waals surface area contributed by atoms with E-state index in [0.29, 0.717) is 6.54 Å². The summed E-state index contributed by atoms with van der Waals surface area (Å²) in [7, 11) is 0. The fourth-order valence-electron chi connectivity index (χ4n) is 2.77. The highest BCUT2D eigenvalue weighted by molar-refractivity contribution is 7.10. The van der Waals surface area contributed by atoms with Gasteiger partial charge >= 0.3 is 0 Å². The van der Waals surface area contributed by atoms with Gasteiger partial charge in [0.15, 0.2) is 0 Å². The van der Waals surface area contributed by atoms with Crippen LogP contribution < -0.4 is 10.6 Å². The number of benzene rings is 1. The van der Waals surface area contributed by atoms with E-state index >= 15 is 0 Å². The predicted molar refractivity (Wildman–Crippen MR) is 86.3 cm³/mol. The van der Waals surface area contributed by atoms with E-state index in [2.05, 4.69) is 41.1 Å². The average molecular weight is 300 g/mol. The minimum Gasteiger partial charge on any atom is -0.350 e. The molecule has 1 amide bonds. The van der Waals surface area contributed by atoms with Crippen LogP contribution in [0.5, 0.6) is 0 Å². The van der Waals surface area contributed by atoms with Crippen molar-refractivity contribution < 1.29 is 4.79 Å². The Hall–Kier alpha value is -1.65. The van der Waals surface area contributed by atoms with Crippen LogP contribution in [-0.4, -0.2) is 11.9 Å². The lowest BCUT2D eigenvalue weighted by Gasteiger charge is -2.25. The first-order valence-electron chi connectivity index (χ1n) is 7.41. The maximum absolute atomic E-state index is 12.3. The highest BCUT2D eigenvalue weighted by Crippen LogP contribution is 2.18. The number of hydrogen-bond acceptors (Lipinski definition) is 3. The van der Waals surface area contributed by atoms with Gasteiger partial charge in [0.2, 0.25) is 5.91 Å². The molecule has 0 radical (unpaired) electrons. The molecule has 3 nitrogen and oxygen atoms in total. The number of fused-ring (bicyclic) bond motifs is 1. The Kier molecular flexibility index (Phi) is 4.36. The van der Waals surface area contributed by atoms with Crippen molar-refractivity contribution >= 4 is 17.2 Å². The molecule has 0 spiro atoms. The van der Waals surface area contributed by atoms with Gasteiger partial charge in [0.05, 0.1) is 12.6 Å². The fourth-order valence-corrected chi connectivity index (χ4v) is 3.68. The topological polar surface area (TPSA) is 41.1 Å². The third-order valence-electron chi connectivity index (χ3n) is 4.04. The molecule has 0 bridgehead atoms. The van der Waals surface area contributed by atoms with Gasteiger partial charge in [-0.3, -0.25) is 4.79 Å². The summed E-state index contributed by atoms with van der Waals surface area (Å²) in [6, 6.07) is 10.3. The number of aryl methyl sites for hydroxylation is 1. The Labute approximate surface area is 129 Å². The van der Waals surface area contributed by atoms with Gasteiger partial charge in [0.1, 0.15) is 0 Å². The van der Waals surface area contributed by atoms with Crippen LogP contribution in [0.2, 0.25) is 0 Å². The minimum absolute atomic E-state index is 0.0972. The zero-order valence-corrected chi connectivity index (χ0v) is 13.0. The van der Waals surface area contributed by atoms with Gasteiger partial charge in [-0.15, -0.1) is 11.3 Å². The largest absolute Gasteiger partial charge is 0.350 e. The van der Waals surface area contributed by atoms with Crippen molar-refractivity contribution in [3.05, 3.63) is 57.3 Å². The molecule has 0 saturated carbocycles. The molecule has 3 rings (SSSR count). The van der Waals surface area contributed by atoms with E-state index in [0.717, 1.165) is 19.4 Å². The van der Waals surface area contributed by atoms with Crippen LogP contribution in [0.1, 0.15) is 28.5 Å². The molecule has 1 aliphatic heterocycles. The molecule has 0 fully saturated rings. The Balaban J connectivity index is 1.60.